The highest BCUT2D eigenvalue weighted by Crippen LogP contribution is 2.35. The Labute approximate surface area is 187 Å². The number of nitrogens with two attached hydrogens (primary N) is 1. The van der Waals surface area contributed by atoms with Crippen molar-refractivity contribution in [3.63, 3.8) is 0 Å². The molecule has 8 nitrogen and oxygen atoms in total. The third-order valence-electron chi connectivity index (χ3n) is 4.72. The van der Waals surface area contributed by atoms with E-state index in [1.54, 1.807) is 0 Å². The standard InChI is InChI=1S/C21H18F2N4O4.ClH/c1-30-17-9-14-11(8-12(17)20(24)28)15(6-7-25-14)31-16-5-4-13(18(22)19(16)23)27-21(29)26-10-2-3-10;/h4-10H,2-3H2,1H3,(H2,24,28)(H2,26,27,29);1H. The Kier molecular flexibility index (Phi) is 6.64. The van der Waals surface area contributed by atoms with Crippen LogP contribution in [0.1, 0.15) is 23.2 Å². The number of hydrogen-bond acceptors (Lipinski definition) is 5. The summed E-state index contributed by atoms with van der Waals surface area (Å²) < 4.78 is 39.8. The van der Waals surface area contributed by atoms with Crippen LogP contribution in [0.4, 0.5) is 19.3 Å². The summed E-state index contributed by atoms with van der Waals surface area (Å²) in [5.41, 5.74) is 5.55. The number of carbonyl (C=O) groups is 2. The molecule has 1 aliphatic carbocycles. The second-order valence-electron chi connectivity index (χ2n) is 6.96. The van der Waals surface area contributed by atoms with Crippen LogP contribution in [0, 0.1) is 11.6 Å². The molecule has 4 N–H and O–H groups in total. The van der Waals surface area contributed by atoms with Gasteiger partial charge in [0, 0.05) is 23.7 Å². The number of aromatic nitrogens is 1. The summed E-state index contributed by atoms with van der Waals surface area (Å²) in [6.45, 7) is 0. The Balaban J connectivity index is 0.00000289. The van der Waals surface area contributed by atoms with E-state index in [1.165, 1.54) is 43.6 Å². The van der Waals surface area contributed by atoms with Gasteiger partial charge in [-0.2, -0.15) is 4.39 Å². The summed E-state index contributed by atoms with van der Waals surface area (Å²) in [6.07, 6.45) is 3.13. The second-order valence-corrected chi connectivity index (χ2v) is 6.96. The minimum absolute atomic E-state index is 0. The Morgan fingerprint density at radius 1 is 1.09 bits per heavy atom. The SMILES string of the molecule is COc1cc2nccc(Oc3ccc(NC(=O)NC4CC4)c(F)c3F)c2cc1C(N)=O.Cl. The number of hydrogen-bond donors (Lipinski definition) is 3. The average Bonchev–Trinajstić information content (AvgIpc) is 3.56. The highest BCUT2D eigenvalue weighted by Gasteiger charge is 2.24. The van der Waals surface area contributed by atoms with Gasteiger partial charge in [0.25, 0.3) is 5.91 Å². The number of primary amides is 1. The maximum atomic E-state index is 14.6. The molecule has 0 unspecified atom stereocenters. The van der Waals surface area contributed by atoms with Crippen molar-refractivity contribution in [2.75, 3.05) is 12.4 Å². The number of carbonyl (C=O) groups excluding carboxylic acids is 2. The molecule has 0 spiro atoms. The molecule has 1 aliphatic rings. The normalized spacial score (nSPS) is 12.6. The summed E-state index contributed by atoms with van der Waals surface area (Å²) in [7, 11) is 1.38. The third-order valence-corrected chi connectivity index (χ3v) is 4.72. The predicted molar refractivity (Wildman–Crippen MR) is 116 cm³/mol. The van der Waals surface area contributed by atoms with Gasteiger partial charge in [-0.05, 0) is 37.1 Å². The van der Waals surface area contributed by atoms with Crippen molar-refractivity contribution in [2.24, 2.45) is 5.73 Å². The average molecular weight is 465 g/mol. The maximum absolute atomic E-state index is 14.6. The van der Waals surface area contributed by atoms with Crippen molar-refractivity contribution in [3.05, 3.63) is 53.7 Å². The van der Waals surface area contributed by atoms with E-state index in [0.717, 1.165) is 12.8 Å². The molecule has 2 aromatic carbocycles. The van der Waals surface area contributed by atoms with E-state index in [0.29, 0.717) is 10.9 Å². The number of ether oxygens (including phenoxy) is 2. The Hall–Kier alpha value is -3.66. The van der Waals surface area contributed by atoms with Gasteiger partial charge in [0.05, 0.1) is 23.9 Å². The number of nitrogens with zero attached hydrogens (tertiary/aromatic N) is 1. The molecule has 0 radical (unpaired) electrons. The van der Waals surface area contributed by atoms with Crippen LogP contribution in [0.2, 0.25) is 0 Å². The van der Waals surface area contributed by atoms with E-state index in [-0.39, 0.29) is 41.2 Å². The zero-order valence-electron chi connectivity index (χ0n) is 16.8. The molecule has 1 heterocycles. The highest BCUT2D eigenvalue weighted by atomic mass is 35.5. The summed E-state index contributed by atoms with van der Waals surface area (Å²) in [4.78, 5) is 27.7. The lowest BCUT2D eigenvalue weighted by Crippen LogP contribution is -2.30. The van der Waals surface area contributed by atoms with Crippen LogP contribution in [0.25, 0.3) is 10.9 Å². The van der Waals surface area contributed by atoms with Crippen molar-refractivity contribution >= 4 is 40.9 Å². The number of halogens is 3. The fourth-order valence-electron chi connectivity index (χ4n) is 3.00. The highest BCUT2D eigenvalue weighted by molar-refractivity contribution is 6.01. The maximum Gasteiger partial charge on any atom is 0.319 e. The van der Waals surface area contributed by atoms with Crippen LogP contribution in [-0.2, 0) is 0 Å². The number of pyridine rings is 1. The van der Waals surface area contributed by atoms with Gasteiger partial charge in [0.1, 0.15) is 11.5 Å². The zero-order chi connectivity index (χ0) is 22.1. The summed E-state index contributed by atoms with van der Waals surface area (Å²) in [6, 6.07) is 6.18. The lowest BCUT2D eigenvalue weighted by Gasteiger charge is -2.13. The second kappa shape index (κ2) is 9.23. The van der Waals surface area contributed by atoms with Gasteiger partial charge in [-0.15, -0.1) is 12.4 Å². The number of urea groups is 1. The van der Waals surface area contributed by atoms with Crippen LogP contribution >= 0.6 is 12.4 Å². The minimum Gasteiger partial charge on any atom is -0.496 e. The molecule has 0 atom stereocenters. The number of fused-ring (bicyclic) bond motifs is 1. The zero-order valence-corrected chi connectivity index (χ0v) is 17.6. The van der Waals surface area contributed by atoms with Gasteiger partial charge in [0.2, 0.25) is 5.82 Å². The molecule has 32 heavy (non-hydrogen) atoms. The van der Waals surface area contributed by atoms with Crippen molar-refractivity contribution < 1.29 is 27.8 Å². The molecule has 0 aliphatic heterocycles. The van der Waals surface area contributed by atoms with Crippen LogP contribution in [0.3, 0.4) is 0 Å². The fraction of sp³-hybridized carbons (Fsp3) is 0.190. The van der Waals surface area contributed by atoms with Gasteiger partial charge in [-0.25, -0.2) is 9.18 Å². The van der Waals surface area contributed by atoms with E-state index in [2.05, 4.69) is 15.6 Å². The summed E-state index contributed by atoms with van der Waals surface area (Å²) in [5, 5.41) is 5.25. The van der Waals surface area contributed by atoms with E-state index in [9.17, 15) is 18.4 Å². The van der Waals surface area contributed by atoms with Gasteiger partial charge in [0.15, 0.2) is 11.6 Å². The number of nitrogens with one attached hydrogen (secondary N) is 2. The smallest absolute Gasteiger partial charge is 0.319 e. The van der Waals surface area contributed by atoms with Crippen LogP contribution < -0.4 is 25.8 Å². The molecule has 0 bridgehead atoms. The predicted octanol–water partition coefficient (Wildman–Crippen LogP) is 4.12. The van der Waals surface area contributed by atoms with Crippen LogP contribution in [0.15, 0.2) is 36.5 Å². The quantitative estimate of drug-likeness (QED) is 0.507. The van der Waals surface area contributed by atoms with Crippen molar-refractivity contribution in [1.82, 2.24) is 10.3 Å². The van der Waals surface area contributed by atoms with E-state index in [1.807, 2.05) is 0 Å². The summed E-state index contributed by atoms with van der Waals surface area (Å²) >= 11 is 0. The number of amides is 3. The first-order chi connectivity index (χ1) is 14.9. The number of benzene rings is 2. The molecule has 4 rings (SSSR count). The largest absolute Gasteiger partial charge is 0.496 e. The van der Waals surface area contributed by atoms with E-state index in [4.69, 9.17) is 15.2 Å². The van der Waals surface area contributed by atoms with Gasteiger partial charge < -0.3 is 25.8 Å². The van der Waals surface area contributed by atoms with Crippen LogP contribution in [-0.4, -0.2) is 30.1 Å². The molecule has 168 valence electrons. The third kappa shape index (κ3) is 4.65. The molecular weight excluding hydrogens is 446 g/mol. The van der Waals surface area contributed by atoms with Crippen molar-refractivity contribution in [1.29, 1.82) is 0 Å². The molecule has 3 aromatic rings. The van der Waals surface area contributed by atoms with Crippen LogP contribution in [0.5, 0.6) is 17.2 Å². The Morgan fingerprint density at radius 2 is 1.84 bits per heavy atom. The van der Waals surface area contributed by atoms with Crippen molar-refractivity contribution in [2.45, 2.75) is 18.9 Å². The molecular formula is C21H19ClF2N4O4. The summed E-state index contributed by atoms with van der Waals surface area (Å²) in [5.74, 6) is -3.33. The van der Waals surface area contributed by atoms with Gasteiger partial charge in [-0.1, -0.05) is 0 Å². The van der Waals surface area contributed by atoms with Gasteiger partial charge in [-0.3, -0.25) is 9.78 Å². The number of anilines is 1. The molecule has 3 amide bonds. The van der Waals surface area contributed by atoms with Crippen molar-refractivity contribution in [3.8, 4) is 17.2 Å². The van der Waals surface area contributed by atoms with Gasteiger partial charge >= 0.3 is 6.03 Å². The molecule has 1 fully saturated rings. The molecule has 1 aromatic heterocycles. The molecule has 11 heteroatoms. The van der Waals surface area contributed by atoms with E-state index < -0.39 is 29.3 Å². The Morgan fingerprint density at radius 3 is 2.50 bits per heavy atom. The molecule has 0 saturated heterocycles. The topological polar surface area (TPSA) is 116 Å². The first-order valence-corrected chi connectivity index (χ1v) is 9.37. The minimum atomic E-state index is -1.28. The first-order valence-electron chi connectivity index (χ1n) is 9.37. The molecule has 1 saturated carbocycles. The fourth-order valence-corrected chi connectivity index (χ4v) is 3.00. The Bertz CT molecular complexity index is 1200. The van der Waals surface area contributed by atoms with E-state index >= 15 is 0 Å². The first kappa shape index (κ1) is 23.0. The monoisotopic (exact) mass is 464 g/mol. The number of rotatable bonds is 6. The lowest BCUT2D eigenvalue weighted by atomic mass is 10.1. The lowest BCUT2D eigenvalue weighted by molar-refractivity contribution is 0.0997. The number of methoxy groups -OCH3 is 1.